The molecule has 0 atom stereocenters. The molecule has 0 fully saturated rings. The van der Waals surface area contributed by atoms with Gasteiger partial charge < -0.3 is 10.6 Å². The minimum absolute atomic E-state index is 0.147. The minimum atomic E-state index is -0.257. The molecule has 2 aromatic rings. The van der Waals surface area contributed by atoms with Gasteiger partial charge in [0.15, 0.2) is 0 Å². The fourth-order valence-electron chi connectivity index (χ4n) is 2.04. The van der Waals surface area contributed by atoms with E-state index in [2.05, 4.69) is 20.6 Å². The van der Waals surface area contributed by atoms with Crippen LogP contribution < -0.4 is 10.6 Å². The lowest BCUT2D eigenvalue weighted by molar-refractivity contribution is 0.0945. The highest BCUT2D eigenvalue weighted by atomic mass is 35.5. The van der Waals surface area contributed by atoms with E-state index in [0.717, 1.165) is 5.56 Å². The van der Waals surface area contributed by atoms with Crippen molar-refractivity contribution in [2.75, 3.05) is 5.32 Å². The first-order chi connectivity index (χ1) is 10.7. The van der Waals surface area contributed by atoms with Crippen LogP contribution in [0, 0.1) is 6.92 Å². The fraction of sp³-hybridized carbons (Fsp3) is 0.353. The van der Waals surface area contributed by atoms with Crippen LogP contribution in [0.3, 0.4) is 0 Å². The zero-order valence-electron chi connectivity index (χ0n) is 13.8. The van der Waals surface area contributed by atoms with Crippen LogP contribution in [0.1, 0.15) is 42.6 Å². The van der Waals surface area contributed by atoms with Gasteiger partial charge in [0.25, 0.3) is 5.91 Å². The molecule has 0 spiro atoms. The first kappa shape index (κ1) is 17.2. The Hall–Kier alpha value is -2.14. The van der Waals surface area contributed by atoms with Crippen LogP contribution in [0.2, 0.25) is 5.02 Å². The van der Waals surface area contributed by atoms with E-state index in [1.807, 2.05) is 39.0 Å². The Bertz CT molecular complexity index is 710. The molecule has 1 aromatic carbocycles. The number of nitrogens with one attached hydrogen (secondary N) is 2. The van der Waals surface area contributed by atoms with E-state index in [9.17, 15) is 4.79 Å². The predicted octanol–water partition coefficient (Wildman–Crippen LogP) is 3.58. The molecule has 0 saturated carbocycles. The largest absolute Gasteiger partial charge is 0.365 e. The molecule has 5 nitrogen and oxygen atoms in total. The van der Waals surface area contributed by atoms with E-state index in [4.69, 9.17) is 11.6 Å². The highest BCUT2D eigenvalue weighted by molar-refractivity contribution is 6.31. The lowest BCUT2D eigenvalue weighted by Gasteiger charge is -2.21. The normalized spacial score (nSPS) is 11.2. The topological polar surface area (TPSA) is 66.9 Å². The summed E-state index contributed by atoms with van der Waals surface area (Å²) in [5.41, 5.74) is 1.05. The van der Waals surface area contributed by atoms with E-state index in [-0.39, 0.29) is 11.4 Å². The van der Waals surface area contributed by atoms with Crippen LogP contribution in [0.15, 0.2) is 30.3 Å². The third-order valence-electron chi connectivity index (χ3n) is 2.97. The van der Waals surface area contributed by atoms with E-state index in [0.29, 0.717) is 28.9 Å². The second-order valence-electron chi connectivity index (χ2n) is 6.33. The van der Waals surface area contributed by atoms with Gasteiger partial charge in [-0.1, -0.05) is 29.8 Å². The summed E-state index contributed by atoms with van der Waals surface area (Å²) >= 11 is 6.09. The van der Waals surface area contributed by atoms with Gasteiger partial charge >= 0.3 is 0 Å². The molecule has 2 rings (SSSR count). The quantitative estimate of drug-likeness (QED) is 0.898. The number of aryl methyl sites for hydroxylation is 1. The number of hydrogen-bond acceptors (Lipinski definition) is 4. The van der Waals surface area contributed by atoms with Crippen molar-refractivity contribution >= 4 is 23.3 Å². The maximum Gasteiger partial charge on any atom is 0.270 e. The maximum absolute atomic E-state index is 12.3. The Kier molecular flexibility index (Phi) is 5.21. The van der Waals surface area contributed by atoms with Crippen LogP contribution in [-0.2, 0) is 6.54 Å². The number of halogens is 1. The SMILES string of the molecule is Cc1nc(NC(C)(C)C)cc(C(=O)NCc2ccccc2Cl)n1. The summed E-state index contributed by atoms with van der Waals surface area (Å²) in [7, 11) is 0. The Morgan fingerprint density at radius 2 is 1.91 bits per heavy atom. The molecule has 0 saturated heterocycles. The van der Waals surface area contributed by atoms with Crippen molar-refractivity contribution in [3.05, 3.63) is 52.4 Å². The first-order valence-electron chi connectivity index (χ1n) is 7.40. The van der Waals surface area contributed by atoms with Crippen LogP contribution >= 0.6 is 11.6 Å². The highest BCUT2D eigenvalue weighted by Crippen LogP contribution is 2.16. The fourth-order valence-corrected chi connectivity index (χ4v) is 2.24. The molecule has 6 heteroatoms. The summed E-state index contributed by atoms with van der Waals surface area (Å²) in [5.74, 6) is 0.919. The van der Waals surface area contributed by atoms with Crippen molar-refractivity contribution in [3.63, 3.8) is 0 Å². The smallest absolute Gasteiger partial charge is 0.270 e. The third kappa shape index (κ3) is 5.21. The van der Waals surface area contributed by atoms with Crippen LogP contribution in [0.4, 0.5) is 5.82 Å². The third-order valence-corrected chi connectivity index (χ3v) is 3.34. The Morgan fingerprint density at radius 1 is 1.22 bits per heavy atom. The molecule has 0 unspecified atom stereocenters. The van der Waals surface area contributed by atoms with Gasteiger partial charge in [-0.05, 0) is 39.3 Å². The second kappa shape index (κ2) is 6.96. The van der Waals surface area contributed by atoms with E-state index in [1.54, 1.807) is 19.1 Å². The lowest BCUT2D eigenvalue weighted by Crippen LogP contribution is -2.28. The molecular weight excluding hydrogens is 312 g/mol. The monoisotopic (exact) mass is 332 g/mol. The Labute approximate surface area is 141 Å². The van der Waals surface area contributed by atoms with Gasteiger partial charge in [-0.3, -0.25) is 4.79 Å². The van der Waals surface area contributed by atoms with Crippen LogP contribution in [-0.4, -0.2) is 21.4 Å². The van der Waals surface area contributed by atoms with Crippen molar-refractivity contribution < 1.29 is 4.79 Å². The average molecular weight is 333 g/mol. The van der Waals surface area contributed by atoms with Gasteiger partial charge in [-0.15, -0.1) is 0 Å². The summed E-state index contributed by atoms with van der Waals surface area (Å²) in [6.07, 6.45) is 0. The van der Waals surface area contributed by atoms with Crippen molar-refractivity contribution in [3.8, 4) is 0 Å². The van der Waals surface area contributed by atoms with Gasteiger partial charge in [0.05, 0.1) is 0 Å². The van der Waals surface area contributed by atoms with Gasteiger partial charge in [0.1, 0.15) is 17.3 Å². The molecule has 23 heavy (non-hydrogen) atoms. The van der Waals surface area contributed by atoms with Gasteiger partial charge in [0, 0.05) is 23.2 Å². The number of anilines is 1. The summed E-state index contributed by atoms with van der Waals surface area (Å²) in [5, 5.41) is 6.71. The van der Waals surface area contributed by atoms with E-state index in [1.165, 1.54) is 0 Å². The molecule has 1 amide bonds. The molecule has 1 heterocycles. The van der Waals surface area contributed by atoms with Gasteiger partial charge in [-0.2, -0.15) is 0 Å². The summed E-state index contributed by atoms with van der Waals surface area (Å²) in [4.78, 5) is 20.8. The molecule has 0 bridgehead atoms. The number of carbonyl (C=O) groups is 1. The molecule has 0 radical (unpaired) electrons. The average Bonchev–Trinajstić information content (AvgIpc) is 2.43. The number of hydrogen-bond donors (Lipinski definition) is 2. The molecule has 0 aliphatic heterocycles. The first-order valence-corrected chi connectivity index (χ1v) is 7.78. The molecule has 1 aromatic heterocycles. The van der Waals surface area contributed by atoms with Gasteiger partial charge in [-0.25, -0.2) is 9.97 Å². The van der Waals surface area contributed by atoms with Crippen molar-refractivity contribution in [1.29, 1.82) is 0 Å². The zero-order chi connectivity index (χ0) is 17.0. The van der Waals surface area contributed by atoms with E-state index < -0.39 is 0 Å². The Balaban J connectivity index is 2.11. The molecule has 2 N–H and O–H groups in total. The standard InChI is InChI=1S/C17H21ClN4O/c1-11-20-14(9-15(21-11)22-17(2,3)4)16(23)19-10-12-7-5-6-8-13(12)18/h5-9H,10H2,1-4H3,(H,19,23)(H,20,21,22). The molecule has 0 aliphatic carbocycles. The number of rotatable bonds is 4. The summed E-state index contributed by atoms with van der Waals surface area (Å²) in [6.45, 7) is 8.20. The van der Waals surface area contributed by atoms with Crippen molar-refractivity contribution in [1.82, 2.24) is 15.3 Å². The number of aromatic nitrogens is 2. The lowest BCUT2D eigenvalue weighted by atomic mass is 10.1. The number of benzene rings is 1. The predicted molar refractivity (Wildman–Crippen MR) is 92.8 cm³/mol. The maximum atomic E-state index is 12.3. The molecule has 122 valence electrons. The second-order valence-corrected chi connectivity index (χ2v) is 6.74. The Morgan fingerprint density at radius 3 is 2.57 bits per heavy atom. The van der Waals surface area contributed by atoms with Crippen molar-refractivity contribution in [2.24, 2.45) is 0 Å². The van der Waals surface area contributed by atoms with Gasteiger partial charge in [0.2, 0.25) is 0 Å². The van der Waals surface area contributed by atoms with Crippen LogP contribution in [0.25, 0.3) is 0 Å². The highest BCUT2D eigenvalue weighted by Gasteiger charge is 2.15. The molecule has 0 aliphatic rings. The van der Waals surface area contributed by atoms with E-state index >= 15 is 0 Å². The number of carbonyl (C=O) groups excluding carboxylic acids is 1. The summed E-state index contributed by atoms with van der Waals surface area (Å²) in [6, 6.07) is 9.06. The van der Waals surface area contributed by atoms with Crippen LogP contribution in [0.5, 0.6) is 0 Å². The summed E-state index contributed by atoms with van der Waals surface area (Å²) < 4.78 is 0. The number of nitrogens with zero attached hydrogens (tertiary/aromatic N) is 2. The zero-order valence-corrected chi connectivity index (χ0v) is 14.5. The number of amides is 1. The minimum Gasteiger partial charge on any atom is -0.365 e. The molecular formula is C17H21ClN4O. The van der Waals surface area contributed by atoms with Crippen molar-refractivity contribution in [2.45, 2.75) is 39.8 Å².